The van der Waals surface area contributed by atoms with E-state index in [0.29, 0.717) is 39.3 Å². The van der Waals surface area contributed by atoms with Crippen LogP contribution in [0, 0.1) is 0 Å². The topological polar surface area (TPSA) is 55.8 Å². The number of hydrogen-bond donors (Lipinski definition) is 0. The lowest BCUT2D eigenvalue weighted by molar-refractivity contribution is -0.139. The van der Waals surface area contributed by atoms with Crippen molar-refractivity contribution in [3.05, 3.63) is 0 Å². The Morgan fingerprint density at radius 2 is 2.06 bits per heavy atom. The van der Waals surface area contributed by atoms with Gasteiger partial charge in [0, 0.05) is 33.2 Å². The highest BCUT2D eigenvalue weighted by molar-refractivity contribution is 6.00. The number of hydrogen-bond acceptors (Lipinski definition) is 4. The van der Waals surface area contributed by atoms with Gasteiger partial charge in [-0.1, -0.05) is 0 Å². The number of likely N-dealkylation sites (tertiary alicyclic amines) is 1. The van der Waals surface area contributed by atoms with Gasteiger partial charge in [-0.25, -0.2) is 0 Å². The number of ether oxygens (including phenoxy) is 2. The van der Waals surface area contributed by atoms with Crippen LogP contribution in [0.5, 0.6) is 0 Å². The highest BCUT2D eigenvalue weighted by atomic mass is 16.5. The van der Waals surface area contributed by atoms with Gasteiger partial charge in [-0.05, 0) is 6.42 Å². The monoisotopic (exact) mass is 229 g/mol. The third-order valence-electron chi connectivity index (χ3n) is 2.51. The number of methoxy groups -OCH3 is 1. The molecule has 1 saturated heterocycles. The van der Waals surface area contributed by atoms with Crippen molar-refractivity contribution in [1.82, 2.24) is 4.90 Å². The molecule has 1 amide bonds. The molecule has 1 rings (SSSR count). The van der Waals surface area contributed by atoms with E-state index >= 15 is 0 Å². The third kappa shape index (κ3) is 4.72. The normalized spacial score (nSPS) is 16.9. The predicted molar refractivity (Wildman–Crippen MR) is 58.1 cm³/mol. The third-order valence-corrected chi connectivity index (χ3v) is 2.51. The Kier molecular flexibility index (Phi) is 6.03. The minimum Gasteiger partial charge on any atom is -0.382 e. The van der Waals surface area contributed by atoms with E-state index in [4.69, 9.17) is 9.47 Å². The number of piperidine rings is 1. The SMILES string of the molecule is COCCOCCCN1CCC(=O)CC1=O. The summed E-state index contributed by atoms with van der Waals surface area (Å²) in [4.78, 5) is 24.1. The van der Waals surface area contributed by atoms with Crippen LogP contribution in [-0.4, -0.2) is 56.6 Å². The molecule has 5 nitrogen and oxygen atoms in total. The van der Waals surface area contributed by atoms with Crippen LogP contribution < -0.4 is 0 Å². The maximum absolute atomic E-state index is 11.4. The number of amides is 1. The molecule has 16 heavy (non-hydrogen) atoms. The van der Waals surface area contributed by atoms with E-state index in [2.05, 4.69) is 0 Å². The molecule has 0 spiro atoms. The van der Waals surface area contributed by atoms with E-state index in [1.807, 2.05) is 0 Å². The average Bonchev–Trinajstić information content (AvgIpc) is 2.26. The number of carbonyl (C=O) groups is 2. The van der Waals surface area contributed by atoms with Crippen molar-refractivity contribution in [2.75, 3.05) is 40.0 Å². The molecule has 0 aromatic carbocycles. The van der Waals surface area contributed by atoms with E-state index in [9.17, 15) is 9.59 Å². The lowest BCUT2D eigenvalue weighted by Crippen LogP contribution is -2.39. The van der Waals surface area contributed by atoms with Crippen molar-refractivity contribution in [3.8, 4) is 0 Å². The highest BCUT2D eigenvalue weighted by Gasteiger charge is 2.22. The second-order valence-electron chi connectivity index (χ2n) is 3.80. The summed E-state index contributed by atoms with van der Waals surface area (Å²) in [5, 5.41) is 0. The van der Waals surface area contributed by atoms with Crippen LogP contribution in [0.1, 0.15) is 19.3 Å². The van der Waals surface area contributed by atoms with Crippen LogP contribution in [0.15, 0.2) is 0 Å². The van der Waals surface area contributed by atoms with Gasteiger partial charge in [0.25, 0.3) is 0 Å². The summed E-state index contributed by atoms with van der Waals surface area (Å²) in [5.41, 5.74) is 0. The van der Waals surface area contributed by atoms with Gasteiger partial charge < -0.3 is 14.4 Å². The zero-order valence-electron chi connectivity index (χ0n) is 9.74. The molecule has 0 N–H and O–H groups in total. The van der Waals surface area contributed by atoms with Gasteiger partial charge in [-0.15, -0.1) is 0 Å². The van der Waals surface area contributed by atoms with Crippen LogP contribution in [0.4, 0.5) is 0 Å². The van der Waals surface area contributed by atoms with Crippen molar-refractivity contribution < 1.29 is 19.1 Å². The van der Waals surface area contributed by atoms with Crippen LogP contribution in [0.25, 0.3) is 0 Å². The first-order valence-corrected chi connectivity index (χ1v) is 5.60. The van der Waals surface area contributed by atoms with Crippen molar-refractivity contribution in [2.45, 2.75) is 19.3 Å². The lowest BCUT2D eigenvalue weighted by Gasteiger charge is -2.25. The Morgan fingerprint density at radius 1 is 1.25 bits per heavy atom. The van der Waals surface area contributed by atoms with Crippen molar-refractivity contribution in [1.29, 1.82) is 0 Å². The standard InChI is InChI=1S/C11H19NO4/c1-15-7-8-16-6-2-4-12-5-3-10(13)9-11(12)14/h2-9H2,1H3. The quantitative estimate of drug-likeness (QED) is 0.463. The summed E-state index contributed by atoms with van der Waals surface area (Å²) < 4.78 is 10.1. The van der Waals surface area contributed by atoms with Crippen LogP contribution >= 0.6 is 0 Å². The van der Waals surface area contributed by atoms with E-state index < -0.39 is 0 Å². The zero-order chi connectivity index (χ0) is 11.8. The fourth-order valence-electron chi connectivity index (χ4n) is 1.59. The molecule has 0 aromatic rings. The van der Waals surface area contributed by atoms with Crippen LogP contribution in [0.2, 0.25) is 0 Å². The van der Waals surface area contributed by atoms with Gasteiger partial charge in [-0.2, -0.15) is 0 Å². The fourth-order valence-corrected chi connectivity index (χ4v) is 1.59. The maximum atomic E-state index is 11.4. The van der Waals surface area contributed by atoms with Gasteiger partial charge in [-0.3, -0.25) is 9.59 Å². The molecule has 0 aliphatic carbocycles. The average molecular weight is 229 g/mol. The summed E-state index contributed by atoms with van der Waals surface area (Å²) in [6.45, 7) is 3.05. The molecule has 5 heteroatoms. The molecule has 0 radical (unpaired) electrons. The minimum absolute atomic E-state index is 0.0480. The van der Waals surface area contributed by atoms with Gasteiger partial charge >= 0.3 is 0 Å². The first kappa shape index (κ1) is 13.1. The zero-order valence-corrected chi connectivity index (χ0v) is 9.74. The second kappa shape index (κ2) is 7.35. The number of ketones is 1. The van der Waals surface area contributed by atoms with Gasteiger partial charge in [0.1, 0.15) is 5.78 Å². The molecule has 0 aromatic heterocycles. The van der Waals surface area contributed by atoms with E-state index in [0.717, 1.165) is 6.42 Å². The lowest BCUT2D eigenvalue weighted by atomic mass is 10.1. The Balaban J connectivity index is 2.04. The first-order chi connectivity index (χ1) is 7.74. The molecule has 0 atom stereocenters. The number of nitrogens with zero attached hydrogens (tertiary/aromatic N) is 1. The second-order valence-corrected chi connectivity index (χ2v) is 3.80. The molecule has 92 valence electrons. The van der Waals surface area contributed by atoms with Crippen molar-refractivity contribution in [3.63, 3.8) is 0 Å². The molecule has 0 unspecified atom stereocenters. The predicted octanol–water partition coefficient (Wildman–Crippen LogP) is 0.231. The molecule has 1 fully saturated rings. The Bertz CT molecular complexity index is 242. The van der Waals surface area contributed by atoms with Gasteiger partial charge in [0.05, 0.1) is 19.6 Å². The summed E-state index contributed by atoms with van der Waals surface area (Å²) in [5.74, 6) is 0.00531. The first-order valence-electron chi connectivity index (χ1n) is 5.60. The minimum atomic E-state index is -0.0480. The van der Waals surface area contributed by atoms with E-state index in [1.54, 1.807) is 12.0 Å². The van der Waals surface area contributed by atoms with Gasteiger partial charge in [0.15, 0.2) is 0 Å². The van der Waals surface area contributed by atoms with E-state index in [-0.39, 0.29) is 18.1 Å². The van der Waals surface area contributed by atoms with Gasteiger partial charge in [0.2, 0.25) is 5.91 Å². The largest absolute Gasteiger partial charge is 0.382 e. The van der Waals surface area contributed by atoms with E-state index in [1.165, 1.54) is 0 Å². The maximum Gasteiger partial charge on any atom is 0.230 e. The summed E-state index contributed by atoms with van der Waals surface area (Å²) in [6.07, 6.45) is 1.38. The number of carbonyl (C=O) groups excluding carboxylic acids is 2. The Hall–Kier alpha value is -0.940. The molecular weight excluding hydrogens is 210 g/mol. The number of rotatable bonds is 7. The molecule has 1 aliphatic heterocycles. The molecular formula is C11H19NO4. The number of Topliss-reactive ketones (excluding diaryl/α,β-unsaturated/α-hetero) is 1. The summed E-state index contributed by atoms with van der Waals surface area (Å²) >= 11 is 0. The molecule has 1 heterocycles. The fraction of sp³-hybridized carbons (Fsp3) is 0.818. The summed E-state index contributed by atoms with van der Waals surface area (Å²) in [7, 11) is 1.63. The molecule has 1 aliphatic rings. The van der Waals surface area contributed by atoms with Crippen molar-refractivity contribution in [2.24, 2.45) is 0 Å². The van der Waals surface area contributed by atoms with Crippen LogP contribution in [-0.2, 0) is 19.1 Å². The smallest absolute Gasteiger partial charge is 0.230 e. The van der Waals surface area contributed by atoms with Crippen molar-refractivity contribution >= 4 is 11.7 Å². The molecule has 0 bridgehead atoms. The highest BCUT2D eigenvalue weighted by Crippen LogP contribution is 2.07. The molecule has 0 saturated carbocycles. The Morgan fingerprint density at radius 3 is 2.75 bits per heavy atom. The summed E-state index contributed by atoms with van der Waals surface area (Å²) in [6, 6.07) is 0. The van der Waals surface area contributed by atoms with Crippen LogP contribution in [0.3, 0.4) is 0 Å². The Labute approximate surface area is 95.7 Å².